The Morgan fingerprint density at radius 1 is 0.429 bits per heavy atom. The minimum Gasteiger partial charge on any atom is -1.00 e. The number of rotatable bonds is 0. The molecule has 0 bridgehead atoms. The molecular formula is H7Cl5Na2. The number of hydrogen-bond donors (Lipinski definition) is 0. The van der Waals surface area contributed by atoms with E-state index in [1.807, 2.05) is 0 Å². The van der Waals surface area contributed by atoms with Crippen molar-refractivity contribution in [3.63, 3.8) is 0 Å². The van der Waals surface area contributed by atoms with Gasteiger partial charge >= 0.3 is 59.1 Å². The van der Waals surface area contributed by atoms with Gasteiger partial charge in [-0.05, 0) is 0 Å². The zero-order valence-electron chi connectivity index (χ0n) is 6.04. The van der Waals surface area contributed by atoms with E-state index in [0.717, 1.165) is 0 Å². The normalized spacial score (nSPS) is 0. The van der Waals surface area contributed by atoms with Crippen LogP contribution < -0.4 is 59.1 Å². The van der Waals surface area contributed by atoms with E-state index in [1.54, 1.807) is 0 Å². The number of hydrogen-bond acceptors (Lipinski definition) is 0. The van der Waals surface area contributed by atoms with Crippen molar-refractivity contribution in [3.8, 4) is 0 Å². The fraction of sp³-hybridized carbons (Fsp3) is 0. The van der Waals surface area contributed by atoms with Crippen LogP contribution in [-0.2, 0) is 0 Å². The van der Waals surface area contributed by atoms with Gasteiger partial charge in [0.1, 0.15) is 0 Å². The summed E-state index contributed by atoms with van der Waals surface area (Å²) in [5, 5.41) is 0. The fourth-order valence-electron chi connectivity index (χ4n) is 0. The zero-order chi connectivity index (χ0) is 0. The Morgan fingerprint density at radius 2 is 0.429 bits per heavy atom. The molecule has 0 atom stereocenters. The molecule has 0 saturated carbocycles. The van der Waals surface area contributed by atoms with Gasteiger partial charge in [0.25, 0.3) is 0 Å². The van der Waals surface area contributed by atoms with E-state index in [2.05, 4.69) is 0 Å². The molecule has 0 aromatic carbocycles. The first-order valence-electron chi connectivity index (χ1n) is 0. The Balaban J connectivity index is 0. The van der Waals surface area contributed by atoms with E-state index in [-0.39, 0.29) is 124 Å². The molecule has 0 aliphatic carbocycles. The van der Waals surface area contributed by atoms with E-state index >= 15 is 0 Å². The summed E-state index contributed by atoms with van der Waals surface area (Å²) in [6, 6.07) is 0. The molecule has 0 fully saturated rings. The summed E-state index contributed by atoms with van der Waals surface area (Å²) in [5.41, 5.74) is 0. The Bertz CT molecular complexity index is 12.9. The molecule has 44 valence electrons. The quantitative estimate of drug-likeness (QED) is 0.376. The first-order chi connectivity index (χ1) is 0. The van der Waals surface area contributed by atoms with Crippen molar-refractivity contribution >= 4 is 62.0 Å². The van der Waals surface area contributed by atoms with Gasteiger partial charge in [-0.3, -0.25) is 0 Å². The molecule has 0 aromatic rings. The summed E-state index contributed by atoms with van der Waals surface area (Å²) in [6.07, 6.45) is 0. The van der Waals surface area contributed by atoms with Gasteiger partial charge in [0.2, 0.25) is 0 Å². The molecule has 0 nitrogen and oxygen atoms in total. The van der Waals surface area contributed by atoms with Gasteiger partial charge in [0.05, 0.1) is 0 Å². The van der Waals surface area contributed by atoms with Crippen LogP contribution >= 0.6 is 62.0 Å². The van der Waals surface area contributed by atoms with Gasteiger partial charge in [-0.2, -0.15) is 0 Å². The monoisotopic (exact) mass is 228 g/mol. The van der Waals surface area contributed by atoms with E-state index in [9.17, 15) is 0 Å². The van der Waals surface area contributed by atoms with Gasteiger partial charge in [0, 0.05) is 0 Å². The third-order valence-electron chi connectivity index (χ3n) is 0. The van der Waals surface area contributed by atoms with Crippen LogP contribution in [0.1, 0.15) is 2.85 Å². The van der Waals surface area contributed by atoms with Crippen molar-refractivity contribution in [1.29, 1.82) is 0 Å². The standard InChI is InChI=1S/5ClH.2Na.2H/h5*1H;;;;/q;;;;;2*+1;2*-1. The van der Waals surface area contributed by atoms with Crippen LogP contribution in [-0.4, -0.2) is 0 Å². The van der Waals surface area contributed by atoms with Crippen molar-refractivity contribution in [2.75, 3.05) is 0 Å². The van der Waals surface area contributed by atoms with E-state index in [1.165, 1.54) is 0 Å². The average molecular weight is 230 g/mol. The first kappa shape index (κ1) is 78.4. The van der Waals surface area contributed by atoms with Crippen LogP contribution in [0.2, 0.25) is 0 Å². The second-order valence-corrected chi connectivity index (χ2v) is 0. The third-order valence-corrected chi connectivity index (χ3v) is 0. The predicted molar refractivity (Wildman–Crippen MR) is 38.5 cm³/mol. The minimum absolute atomic E-state index is 0. The summed E-state index contributed by atoms with van der Waals surface area (Å²) >= 11 is 0. The molecule has 0 heterocycles. The predicted octanol–water partition coefficient (Wildman–Crippen LogP) is -3.66. The van der Waals surface area contributed by atoms with Crippen LogP contribution in [0.5, 0.6) is 0 Å². The maximum absolute atomic E-state index is 0. The van der Waals surface area contributed by atoms with Gasteiger partial charge in [-0.15, -0.1) is 62.0 Å². The maximum atomic E-state index is 0. The molecule has 0 rings (SSSR count). The molecular weight excluding hydrogens is 223 g/mol. The molecule has 0 saturated heterocycles. The van der Waals surface area contributed by atoms with Crippen molar-refractivity contribution in [3.05, 3.63) is 0 Å². The van der Waals surface area contributed by atoms with Crippen LogP contribution in [0.15, 0.2) is 0 Å². The SMILES string of the molecule is Cl.Cl.Cl.Cl.Cl.[H-].[H-].[Na+].[Na+]. The maximum Gasteiger partial charge on any atom is 1.00 e. The van der Waals surface area contributed by atoms with Crippen LogP contribution in [0.25, 0.3) is 0 Å². The van der Waals surface area contributed by atoms with Crippen molar-refractivity contribution in [2.45, 2.75) is 0 Å². The van der Waals surface area contributed by atoms with E-state index in [0.29, 0.717) is 0 Å². The van der Waals surface area contributed by atoms with E-state index < -0.39 is 0 Å². The third kappa shape index (κ3) is 44.1. The number of halogens is 5. The average Bonchev–Trinajstić information content (AvgIpc) is 0. The van der Waals surface area contributed by atoms with Crippen LogP contribution in [0, 0.1) is 0 Å². The van der Waals surface area contributed by atoms with Crippen molar-refractivity contribution in [2.24, 2.45) is 0 Å². The summed E-state index contributed by atoms with van der Waals surface area (Å²) in [7, 11) is 0. The summed E-state index contributed by atoms with van der Waals surface area (Å²) in [5.74, 6) is 0. The summed E-state index contributed by atoms with van der Waals surface area (Å²) < 4.78 is 0. The largest absolute Gasteiger partial charge is 1.00 e. The Labute approximate surface area is 122 Å². The molecule has 0 aromatic heterocycles. The fourth-order valence-corrected chi connectivity index (χ4v) is 0. The van der Waals surface area contributed by atoms with Crippen molar-refractivity contribution in [1.82, 2.24) is 0 Å². The van der Waals surface area contributed by atoms with Gasteiger partial charge in [-0.1, -0.05) is 0 Å². The van der Waals surface area contributed by atoms with Crippen molar-refractivity contribution < 1.29 is 62.0 Å². The van der Waals surface area contributed by atoms with Gasteiger partial charge in [-0.25, -0.2) is 0 Å². The Hall–Kier alpha value is 3.45. The summed E-state index contributed by atoms with van der Waals surface area (Å²) in [6.45, 7) is 0. The molecule has 0 spiro atoms. The van der Waals surface area contributed by atoms with E-state index in [4.69, 9.17) is 0 Å². The molecule has 0 N–H and O–H groups in total. The molecule has 7 heteroatoms. The Morgan fingerprint density at radius 3 is 0.429 bits per heavy atom. The second kappa shape index (κ2) is 56.7. The molecule has 0 aliphatic heterocycles. The smallest absolute Gasteiger partial charge is 1.00 e. The molecule has 0 radical (unpaired) electrons. The molecule has 0 aliphatic rings. The topological polar surface area (TPSA) is 0 Å². The molecule has 7 heavy (non-hydrogen) atoms. The Kier molecular flexibility index (Phi) is 635. The van der Waals surface area contributed by atoms with Gasteiger partial charge < -0.3 is 2.85 Å². The van der Waals surface area contributed by atoms with Crippen LogP contribution in [0.3, 0.4) is 0 Å². The first-order valence-corrected chi connectivity index (χ1v) is 0. The molecule has 0 amide bonds. The zero-order valence-corrected chi connectivity index (χ0v) is 12.1. The second-order valence-electron chi connectivity index (χ2n) is 0. The van der Waals surface area contributed by atoms with Crippen LogP contribution in [0.4, 0.5) is 0 Å². The summed E-state index contributed by atoms with van der Waals surface area (Å²) in [4.78, 5) is 0. The molecule has 0 unspecified atom stereocenters. The minimum atomic E-state index is 0. The van der Waals surface area contributed by atoms with Gasteiger partial charge in [0.15, 0.2) is 0 Å².